The Bertz CT molecular complexity index is 819. The zero-order chi connectivity index (χ0) is 17.8. The minimum Gasteiger partial charge on any atom is -0.490 e. The SMILES string of the molecule is CC[C@@H](C)Oc1ccccc1C=Nc1sc2c(c1C#N)CCN(C)C2. The van der Waals surface area contributed by atoms with E-state index in [-0.39, 0.29) is 6.10 Å². The molecular formula is C20H23N3OS. The van der Waals surface area contributed by atoms with E-state index in [1.54, 1.807) is 11.3 Å². The molecule has 1 atom stereocenters. The zero-order valence-electron chi connectivity index (χ0n) is 15.0. The van der Waals surface area contributed by atoms with E-state index < -0.39 is 0 Å². The van der Waals surface area contributed by atoms with Crippen molar-refractivity contribution in [3.63, 3.8) is 0 Å². The molecule has 1 aliphatic rings. The van der Waals surface area contributed by atoms with E-state index in [4.69, 9.17) is 4.74 Å². The van der Waals surface area contributed by atoms with Gasteiger partial charge >= 0.3 is 0 Å². The summed E-state index contributed by atoms with van der Waals surface area (Å²) in [5.74, 6) is 0.833. The van der Waals surface area contributed by atoms with Crippen LogP contribution in [0, 0.1) is 11.3 Å². The fourth-order valence-corrected chi connectivity index (χ4v) is 4.07. The Balaban J connectivity index is 1.90. The Kier molecular flexibility index (Phi) is 5.52. The number of benzene rings is 1. The minimum absolute atomic E-state index is 0.161. The van der Waals surface area contributed by atoms with Gasteiger partial charge in [-0.05, 0) is 44.5 Å². The lowest BCUT2D eigenvalue weighted by Crippen LogP contribution is -2.25. The molecule has 1 aromatic heterocycles. The second-order valence-electron chi connectivity index (χ2n) is 6.42. The summed E-state index contributed by atoms with van der Waals surface area (Å²) in [4.78, 5) is 8.19. The molecular weight excluding hydrogens is 330 g/mol. The van der Waals surface area contributed by atoms with Crippen LogP contribution >= 0.6 is 11.3 Å². The molecule has 0 saturated carbocycles. The summed E-state index contributed by atoms with van der Waals surface area (Å²) >= 11 is 1.63. The van der Waals surface area contributed by atoms with Crippen LogP contribution in [0.15, 0.2) is 29.3 Å². The van der Waals surface area contributed by atoms with Gasteiger partial charge in [-0.25, -0.2) is 4.99 Å². The summed E-state index contributed by atoms with van der Waals surface area (Å²) < 4.78 is 5.98. The number of rotatable bonds is 5. The maximum atomic E-state index is 9.58. The number of hydrogen-bond donors (Lipinski definition) is 0. The smallest absolute Gasteiger partial charge is 0.134 e. The largest absolute Gasteiger partial charge is 0.490 e. The summed E-state index contributed by atoms with van der Waals surface area (Å²) in [6, 6.07) is 10.3. The first kappa shape index (κ1) is 17.7. The third-order valence-corrected chi connectivity index (χ3v) is 5.61. The average molecular weight is 353 g/mol. The van der Waals surface area contributed by atoms with Gasteiger partial charge in [-0.1, -0.05) is 19.1 Å². The first-order valence-electron chi connectivity index (χ1n) is 8.65. The monoisotopic (exact) mass is 353 g/mol. The van der Waals surface area contributed by atoms with E-state index in [0.29, 0.717) is 0 Å². The van der Waals surface area contributed by atoms with Gasteiger partial charge < -0.3 is 9.64 Å². The Morgan fingerprint density at radius 2 is 2.24 bits per heavy atom. The van der Waals surface area contributed by atoms with E-state index in [0.717, 1.165) is 47.8 Å². The van der Waals surface area contributed by atoms with Crippen LogP contribution in [0.3, 0.4) is 0 Å². The third kappa shape index (κ3) is 3.92. The molecule has 0 aliphatic carbocycles. The van der Waals surface area contributed by atoms with Crippen molar-refractivity contribution in [2.45, 2.75) is 39.3 Å². The highest BCUT2D eigenvalue weighted by atomic mass is 32.1. The van der Waals surface area contributed by atoms with Crippen LogP contribution in [-0.2, 0) is 13.0 Å². The van der Waals surface area contributed by atoms with Crippen LogP contribution in [0.25, 0.3) is 0 Å². The van der Waals surface area contributed by atoms with Crippen molar-refractivity contribution < 1.29 is 4.74 Å². The van der Waals surface area contributed by atoms with Crippen molar-refractivity contribution in [2.75, 3.05) is 13.6 Å². The molecule has 130 valence electrons. The standard InChI is InChI=1S/C20H23N3OS/c1-4-14(2)24-18-8-6-5-7-15(18)12-22-20-17(11-21)16-9-10-23(3)13-19(16)25-20/h5-8,12,14H,4,9-10,13H2,1-3H3/t14-/m1/s1. The lowest BCUT2D eigenvalue weighted by atomic mass is 10.0. The number of nitriles is 1. The normalized spacial score (nSPS) is 15.8. The van der Waals surface area contributed by atoms with Gasteiger partial charge in [0.15, 0.2) is 0 Å². The van der Waals surface area contributed by atoms with Crippen LogP contribution < -0.4 is 4.74 Å². The first-order valence-corrected chi connectivity index (χ1v) is 9.47. The second-order valence-corrected chi connectivity index (χ2v) is 7.50. The van der Waals surface area contributed by atoms with Gasteiger partial charge in [0.1, 0.15) is 16.8 Å². The summed E-state index contributed by atoms with van der Waals surface area (Å²) in [5.41, 5.74) is 2.86. The second kappa shape index (κ2) is 7.81. The maximum Gasteiger partial charge on any atom is 0.134 e. The molecule has 1 aliphatic heterocycles. The predicted molar refractivity (Wildman–Crippen MR) is 103 cm³/mol. The van der Waals surface area contributed by atoms with Crippen LogP contribution in [0.4, 0.5) is 5.00 Å². The number of thiophene rings is 1. The minimum atomic E-state index is 0.161. The molecule has 0 unspecified atom stereocenters. The molecule has 0 fully saturated rings. The quantitative estimate of drug-likeness (QED) is 0.742. The van der Waals surface area contributed by atoms with E-state index in [2.05, 4.69) is 36.9 Å². The molecule has 0 bridgehead atoms. The molecule has 2 heterocycles. The molecule has 0 N–H and O–H groups in total. The number of ether oxygens (including phenoxy) is 1. The molecule has 0 amide bonds. The summed E-state index contributed by atoms with van der Waals surface area (Å²) in [5, 5.41) is 10.4. The van der Waals surface area contributed by atoms with Gasteiger partial charge in [0.25, 0.3) is 0 Å². The van der Waals surface area contributed by atoms with Gasteiger partial charge in [0, 0.05) is 29.7 Å². The zero-order valence-corrected chi connectivity index (χ0v) is 15.8. The molecule has 4 nitrogen and oxygen atoms in total. The van der Waals surface area contributed by atoms with Gasteiger partial charge in [-0.2, -0.15) is 5.26 Å². The van der Waals surface area contributed by atoms with Crippen LogP contribution in [-0.4, -0.2) is 30.8 Å². The summed E-state index contributed by atoms with van der Waals surface area (Å²) in [7, 11) is 2.11. The number of nitrogens with zero attached hydrogens (tertiary/aromatic N) is 3. The van der Waals surface area contributed by atoms with Crippen molar-refractivity contribution in [2.24, 2.45) is 4.99 Å². The van der Waals surface area contributed by atoms with Crippen molar-refractivity contribution in [1.29, 1.82) is 5.26 Å². The lowest BCUT2D eigenvalue weighted by Gasteiger charge is -2.21. The van der Waals surface area contributed by atoms with Crippen LogP contribution in [0.5, 0.6) is 5.75 Å². The highest BCUT2D eigenvalue weighted by molar-refractivity contribution is 7.16. The molecule has 3 rings (SSSR count). The van der Waals surface area contributed by atoms with Gasteiger partial charge in [0.2, 0.25) is 0 Å². The van der Waals surface area contributed by atoms with Gasteiger partial charge in [-0.3, -0.25) is 0 Å². The van der Waals surface area contributed by atoms with E-state index in [1.165, 1.54) is 10.4 Å². The topological polar surface area (TPSA) is 48.6 Å². The molecule has 1 aromatic carbocycles. The fourth-order valence-electron chi connectivity index (χ4n) is 2.85. The number of para-hydroxylation sites is 1. The highest BCUT2D eigenvalue weighted by Gasteiger charge is 2.22. The first-order chi connectivity index (χ1) is 12.1. The number of likely N-dealkylation sites (N-methyl/N-ethyl adjacent to an activating group) is 1. The van der Waals surface area contributed by atoms with Crippen LogP contribution in [0.1, 0.15) is 41.8 Å². The van der Waals surface area contributed by atoms with Crippen molar-refractivity contribution >= 4 is 22.6 Å². The number of fused-ring (bicyclic) bond motifs is 1. The van der Waals surface area contributed by atoms with Crippen molar-refractivity contribution in [3.8, 4) is 11.8 Å². The molecule has 0 saturated heterocycles. The predicted octanol–water partition coefficient (Wildman–Crippen LogP) is 4.54. The lowest BCUT2D eigenvalue weighted by molar-refractivity contribution is 0.217. The maximum absolute atomic E-state index is 9.58. The van der Waals surface area contributed by atoms with E-state index >= 15 is 0 Å². The molecule has 25 heavy (non-hydrogen) atoms. The van der Waals surface area contributed by atoms with Crippen molar-refractivity contribution in [1.82, 2.24) is 4.90 Å². The number of hydrogen-bond acceptors (Lipinski definition) is 5. The number of aliphatic imine (C=N–C) groups is 1. The van der Waals surface area contributed by atoms with E-state index in [9.17, 15) is 5.26 Å². The molecule has 0 spiro atoms. The Morgan fingerprint density at radius 3 is 3.00 bits per heavy atom. The molecule has 2 aromatic rings. The van der Waals surface area contributed by atoms with Gasteiger partial charge in [-0.15, -0.1) is 11.3 Å². The van der Waals surface area contributed by atoms with Gasteiger partial charge in [0.05, 0.1) is 11.7 Å². The third-order valence-electron chi connectivity index (χ3n) is 4.48. The Labute approximate surface area is 153 Å². The summed E-state index contributed by atoms with van der Waals surface area (Å²) in [6.07, 6.45) is 3.86. The van der Waals surface area contributed by atoms with Crippen molar-refractivity contribution in [3.05, 3.63) is 45.8 Å². The highest BCUT2D eigenvalue weighted by Crippen LogP contribution is 2.38. The van der Waals surface area contributed by atoms with Crippen LogP contribution in [0.2, 0.25) is 0 Å². The Morgan fingerprint density at radius 1 is 1.44 bits per heavy atom. The fraction of sp³-hybridized carbons (Fsp3) is 0.400. The van der Waals surface area contributed by atoms with E-state index in [1.807, 2.05) is 30.5 Å². The molecule has 5 heteroatoms. The average Bonchev–Trinajstić information content (AvgIpc) is 2.97. The molecule has 0 radical (unpaired) electrons. The Hall–Kier alpha value is -2.16. The summed E-state index contributed by atoms with van der Waals surface area (Å²) in [6.45, 7) is 6.06.